The lowest BCUT2D eigenvalue weighted by Crippen LogP contribution is -2.14. The zero-order chi connectivity index (χ0) is 5.49. The minimum atomic E-state index is -0.889. The van der Waals surface area contributed by atoms with Crippen LogP contribution in [0.25, 0.3) is 0 Å². The van der Waals surface area contributed by atoms with Gasteiger partial charge in [-0.15, -0.1) is 0 Å². The molecule has 1 saturated heterocycles. The van der Waals surface area contributed by atoms with Crippen LogP contribution in [0.3, 0.4) is 0 Å². The average Bonchev–Trinajstić information content (AvgIpc) is 2.21. The van der Waals surface area contributed by atoms with Gasteiger partial charge in [0.25, 0.3) is 5.79 Å². The molecule has 0 aromatic heterocycles. The average molecular weight is 102 g/mol. The van der Waals surface area contributed by atoms with Gasteiger partial charge in [0.15, 0.2) is 5.78 Å². The Morgan fingerprint density at radius 2 is 2.00 bits per heavy atom. The molecule has 0 unspecified atom stereocenters. The molecule has 1 rings (SSSR count). The van der Waals surface area contributed by atoms with Crippen molar-refractivity contribution in [2.24, 2.45) is 0 Å². The summed E-state index contributed by atoms with van der Waals surface area (Å²) in [5, 5.41) is 0. The van der Waals surface area contributed by atoms with Crippen LogP contribution in [0.15, 0.2) is 0 Å². The predicted octanol–water partition coefficient (Wildman–Crippen LogP) is 0.253. The summed E-state index contributed by atoms with van der Waals surface area (Å²) in [4.78, 5) is 18.9. The van der Waals surface area contributed by atoms with Gasteiger partial charge in [-0.3, -0.25) is 4.79 Å². The van der Waals surface area contributed by atoms with Gasteiger partial charge in [0.05, 0.1) is 0 Å². The van der Waals surface area contributed by atoms with Crippen molar-refractivity contribution in [2.45, 2.75) is 19.6 Å². The van der Waals surface area contributed by atoms with Gasteiger partial charge < -0.3 is 0 Å². The topological polar surface area (TPSA) is 42.1 Å². The lowest BCUT2D eigenvalue weighted by Gasteiger charge is -1.85. The second kappa shape index (κ2) is 1.05. The summed E-state index contributed by atoms with van der Waals surface area (Å²) in [6, 6.07) is 0. The zero-order valence-electron chi connectivity index (χ0n) is 4.22. The molecule has 40 valence electrons. The number of ketones is 1. The van der Waals surface area contributed by atoms with Crippen LogP contribution in [0.5, 0.6) is 0 Å². The van der Waals surface area contributed by atoms with E-state index < -0.39 is 5.79 Å². The molecule has 0 aromatic rings. The van der Waals surface area contributed by atoms with Gasteiger partial charge in [-0.25, -0.2) is 0 Å². The van der Waals surface area contributed by atoms with E-state index >= 15 is 0 Å². The van der Waals surface area contributed by atoms with Crippen LogP contribution in [0.2, 0.25) is 0 Å². The van der Waals surface area contributed by atoms with Crippen LogP contribution < -0.4 is 0 Å². The summed E-state index contributed by atoms with van der Waals surface area (Å²) in [5.74, 6) is -0.979. The molecule has 1 fully saturated rings. The third-order valence-electron chi connectivity index (χ3n) is 0.973. The maximum Gasteiger partial charge on any atom is 0.288 e. The van der Waals surface area contributed by atoms with Crippen LogP contribution >= 0.6 is 0 Å². The SMILES string of the molecule is CC(=O)C1(C)OO1. The minimum Gasteiger partial charge on any atom is -0.294 e. The van der Waals surface area contributed by atoms with E-state index in [0.717, 1.165) is 0 Å². The molecule has 1 aliphatic heterocycles. The smallest absolute Gasteiger partial charge is 0.288 e. The first-order valence-corrected chi connectivity index (χ1v) is 2.03. The molecule has 0 saturated carbocycles. The van der Waals surface area contributed by atoms with Gasteiger partial charge >= 0.3 is 0 Å². The largest absolute Gasteiger partial charge is 0.294 e. The lowest BCUT2D eigenvalue weighted by molar-refractivity contribution is -0.122. The fourth-order valence-corrected chi connectivity index (χ4v) is 0.180. The molecule has 0 atom stereocenters. The summed E-state index contributed by atoms with van der Waals surface area (Å²) in [6.45, 7) is 3.00. The molecule has 3 nitrogen and oxygen atoms in total. The molecule has 0 amide bonds. The van der Waals surface area contributed by atoms with E-state index in [4.69, 9.17) is 0 Å². The van der Waals surface area contributed by atoms with E-state index in [1.54, 1.807) is 6.92 Å². The van der Waals surface area contributed by atoms with Crippen molar-refractivity contribution in [3.63, 3.8) is 0 Å². The highest BCUT2D eigenvalue weighted by Gasteiger charge is 2.48. The Morgan fingerprint density at radius 1 is 1.57 bits per heavy atom. The minimum absolute atomic E-state index is 0.0903. The monoisotopic (exact) mass is 102 g/mol. The van der Waals surface area contributed by atoms with Gasteiger partial charge in [0.2, 0.25) is 0 Å². The maximum atomic E-state index is 10.3. The fraction of sp³-hybridized carbons (Fsp3) is 0.750. The zero-order valence-corrected chi connectivity index (χ0v) is 4.22. The molecule has 0 aliphatic carbocycles. The lowest BCUT2D eigenvalue weighted by atomic mass is 10.2. The number of carbonyl (C=O) groups is 1. The highest BCUT2D eigenvalue weighted by Crippen LogP contribution is 2.28. The molecule has 0 aromatic carbocycles. The summed E-state index contributed by atoms with van der Waals surface area (Å²) in [7, 11) is 0. The van der Waals surface area contributed by atoms with Gasteiger partial charge in [-0.1, -0.05) is 0 Å². The van der Waals surface area contributed by atoms with Crippen LogP contribution in [-0.2, 0) is 14.6 Å². The third kappa shape index (κ3) is 0.642. The van der Waals surface area contributed by atoms with E-state index in [0.29, 0.717) is 0 Å². The van der Waals surface area contributed by atoms with E-state index in [9.17, 15) is 4.79 Å². The van der Waals surface area contributed by atoms with Crippen molar-refractivity contribution < 1.29 is 14.6 Å². The second-order valence-corrected chi connectivity index (χ2v) is 1.67. The van der Waals surface area contributed by atoms with Crippen LogP contribution in [0.1, 0.15) is 13.8 Å². The van der Waals surface area contributed by atoms with E-state index in [1.165, 1.54) is 6.92 Å². The Balaban J connectivity index is 2.55. The number of carbonyl (C=O) groups excluding carboxylic acids is 1. The van der Waals surface area contributed by atoms with Crippen molar-refractivity contribution in [2.75, 3.05) is 0 Å². The number of hydrogen-bond donors (Lipinski definition) is 0. The Kier molecular flexibility index (Phi) is 0.711. The summed E-state index contributed by atoms with van der Waals surface area (Å²) < 4.78 is 0. The molecular formula is C4H6O3. The van der Waals surface area contributed by atoms with Gasteiger partial charge in [-0.2, -0.15) is 9.78 Å². The van der Waals surface area contributed by atoms with Crippen molar-refractivity contribution >= 4 is 5.78 Å². The molecule has 7 heavy (non-hydrogen) atoms. The molecule has 0 radical (unpaired) electrons. The quantitative estimate of drug-likeness (QED) is 0.352. The summed E-state index contributed by atoms with van der Waals surface area (Å²) in [6.07, 6.45) is 0. The first-order valence-electron chi connectivity index (χ1n) is 2.03. The Bertz CT molecular complexity index is 104. The van der Waals surface area contributed by atoms with Crippen LogP contribution in [0, 0.1) is 0 Å². The van der Waals surface area contributed by atoms with E-state index in [-0.39, 0.29) is 5.78 Å². The summed E-state index contributed by atoms with van der Waals surface area (Å²) >= 11 is 0. The molecule has 0 bridgehead atoms. The van der Waals surface area contributed by atoms with Crippen molar-refractivity contribution in [1.82, 2.24) is 0 Å². The maximum absolute atomic E-state index is 10.3. The first-order chi connectivity index (χ1) is 3.15. The Labute approximate surface area is 41.1 Å². The number of rotatable bonds is 1. The molecule has 1 aliphatic rings. The fourth-order valence-electron chi connectivity index (χ4n) is 0.180. The standard InChI is InChI=1S/C4H6O3/c1-3(5)4(2)6-7-4/h1-2H3. The number of hydrogen-bond acceptors (Lipinski definition) is 3. The Hall–Kier alpha value is -0.410. The molecule has 1 heterocycles. The summed E-state index contributed by atoms with van der Waals surface area (Å²) in [5.41, 5.74) is 0. The van der Waals surface area contributed by atoms with E-state index in [1.807, 2.05) is 0 Å². The van der Waals surface area contributed by atoms with Crippen LogP contribution in [0.4, 0.5) is 0 Å². The van der Waals surface area contributed by atoms with Gasteiger partial charge in [0, 0.05) is 13.8 Å². The van der Waals surface area contributed by atoms with Crippen molar-refractivity contribution in [3.8, 4) is 0 Å². The Morgan fingerprint density at radius 3 is 2.00 bits per heavy atom. The highest BCUT2D eigenvalue weighted by atomic mass is 17.4. The molecule has 0 spiro atoms. The normalized spacial score (nSPS) is 24.3. The van der Waals surface area contributed by atoms with Gasteiger partial charge in [-0.05, 0) is 0 Å². The molecular weight excluding hydrogens is 96.0 g/mol. The molecule has 3 heteroatoms. The first kappa shape index (κ1) is 4.74. The highest BCUT2D eigenvalue weighted by molar-refractivity contribution is 5.83. The predicted molar refractivity (Wildman–Crippen MR) is 21.3 cm³/mol. The van der Waals surface area contributed by atoms with Gasteiger partial charge in [0.1, 0.15) is 0 Å². The third-order valence-corrected chi connectivity index (χ3v) is 0.973. The second-order valence-electron chi connectivity index (χ2n) is 1.67. The molecule has 0 N–H and O–H groups in total. The van der Waals surface area contributed by atoms with Crippen molar-refractivity contribution in [3.05, 3.63) is 0 Å². The van der Waals surface area contributed by atoms with E-state index in [2.05, 4.69) is 9.78 Å². The van der Waals surface area contributed by atoms with Crippen molar-refractivity contribution in [1.29, 1.82) is 0 Å². The van der Waals surface area contributed by atoms with Crippen LogP contribution in [-0.4, -0.2) is 11.6 Å². The number of Topliss-reactive ketones (excluding diaryl/α,β-unsaturated/α-hetero) is 1.